The van der Waals surface area contributed by atoms with Crippen molar-refractivity contribution in [1.82, 2.24) is 0 Å². The molecule has 0 saturated heterocycles. The second kappa shape index (κ2) is 26.9. The number of allylic oxidation sites excluding steroid dienone is 4. The molecule has 0 aliphatic heterocycles. The molecule has 41 heavy (non-hydrogen) atoms. The maximum absolute atomic E-state index is 6.20. The van der Waals surface area contributed by atoms with Crippen LogP contribution in [0.4, 0.5) is 0 Å². The van der Waals surface area contributed by atoms with E-state index < -0.39 is 0 Å². The Morgan fingerprint density at radius 2 is 0.878 bits per heavy atom. The first-order chi connectivity index (χ1) is 20.3. The highest BCUT2D eigenvalue weighted by atomic mass is 127. The number of hydrogen-bond donors (Lipinski definition) is 0. The van der Waals surface area contributed by atoms with Crippen LogP contribution in [0, 0.1) is 0 Å². The summed E-state index contributed by atoms with van der Waals surface area (Å²) in [6.45, 7) is 0.443. The number of ether oxygens (including phenoxy) is 3. The van der Waals surface area contributed by atoms with E-state index in [4.69, 9.17) is 14.2 Å². The summed E-state index contributed by atoms with van der Waals surface area (Å²) in [7, 11) is 0. The minimum Gasteiger partial charge on any atom is -0.347 e. The summed E-state index contributed by atoms with van der Waals surface area (Å²) in [5.74, 6) is 0. The number of hydrogen-bond acceptors (Lipinski definition) is 3. The van der Waals surface area contributed by atoms with Gasteiger partial charge in [0, 0.05) is 0 Å². The summed E-state index contributed by atoms with van der Waals surface area (Å²) in [6.07, 6.45) is 26.2. The number of alkyl halides is 2. The third-order valence-corrected chi connectivity index (χ3v) is 8.61. The monoisotopic (exact) mass is 786 g/mol. The fourth-order valence-corrected chi connectivity index (χ4v) is 5.79. The maximum atomic E-state index is 6.20. The van der Waals surface area contributed by atoms with Gasteiger partial charge in [-0.3, -0.25) is 0 Å². The van der Waals surface area contributed by atoms with E-state index >= 15 is 0 Å². The number of benzene rings is 2. The van der Waals surface area contributed by atoms with Crippen molar-refractivity contribution in [3.8, 4) is 0 Å². The molecular formula is C36H52I2O3. The second-order valence-corrected chi connectivity index (χ2v) is 12.6. The van der Waals surface area contributed by atoms with Crippen LogP contribution in [0.2, 0.25) is 0 Å². The summed E-state index contributed by atoms with van der Waals surface area (Å²) in [5.41, 5.74) is 2.39. The molecule has 2 rings (SSSR count). The van der Waals surface area contributed by atoms with Crippen molar-refractivity contribution in [1.29, 1.82) is 0 Å². The zero-order valence-corrected chi connectivity index (χ0v) is 29.3. The lowest BCUT2D eigenvalue weighted by Crippen LogP contribution is -2.12. The summed E-state index contributed by atoms with van der Waals surface area (Å²) >= 11 is 4.93. The molecule has 0 N–H and O–H groups in total. The molecule has 0 spiro atoms. The molecule has 0 bridgehead atoms. The molecular weight excluding hydrogens is 734 g/mol. The van der Waals surface area contributed by atoms with Crippen molar-refractivity contribution in [2.75, 3.05) is 22.4 Å². The van der Waals surface area contributed by atoms with Gasteiger partial charge >= 0.3 is 0 Å². The zero-order valence-electron chi connectivity index (χ0n) is 24.9. The predicted octanol–water partition coefficient (Wildman–Crippen LogP) is 11.9. The summed E-state index contributed by atoms with van der Waals surface area (Å²) in [5, 5.41) is 0. The van der Waals surface area contributed by atoms with Crippen molar-refractivity contribution in [2.45, 2.75) is 102 Å². The van der Waals surface area contributed by atoms with Crippen molar-refractivity contribution in [3.05, 3.63) is 96.1 Å². The Balaban J connectivity index is 1.72. The van der Waals surface area contributed by atoms with Crippen LogP contribution in [0.15, 0.2) is 85.0 Å². The van der Waals surface area contributed by atoms with Gasteiger partial charge in [0.1, 0.15) is 13.6 Å². The molecule has 0 radical (unpaired) electrons. The maximum Gasteiger partial charge on any atom is 0.150 e. The summed E-state index contributed by atoms with van der Waals surface area (Å²) in [6, 6.07) is 21.0. The Morgan fingerprint density at radius 3 is 1.29 bits per heavy atom. The van der Waals surface area contributed by atoms with Gasteiger partial charge in [-0.25, -0.2) is 0 Å². The second-order valence-electron chi connectivity index (χ2n) is 10.5. The van der Waals surface area contributed by atoms with E-state index in [1.165, 1.54) is 84.2 Å². The highest BCUT2D eigenvalue weighted by Crippen LogP contribution is 2.25. The molecule has 5 heteroatoms. The van der Waals surface area contributed by atoms with Crippen molar-refractivity contribution in [3.63, 3.8) is 0 Å². The Bertz CT molecular complexity index is 815. The van der Waals surface area contributed by atoms with Crippen LogP contribution in [-0.4, -0.2) is 22.4 Å². The van der Waals surface area contributed by atoms with Crippen molar-refractivity contribution < 1.29 is 14.2 Å². The number of unbranched alkanes of at least 4 members (excludes halogenated alkanes) is 8. The highest BCUT2D eigenvalue weighted by molar-refractivity contribution is 14.1. The zero-order chi connectivity index (χ0) is 29.1. The van der Waals surface area contributed by atoms with E-state index in [0.717, 1.165) is 25.7 Å². The van der Waals surface area contributed by atoms with Crippen LogP contribution in [-0.2, 0) is 14.2 Å². The van der Waals surface area contributed by atoms with E-state index in [-0.39, 0.29) is 25.8 Å². The average molecular weight is 787 g/mol. The summed E-state index contributed by atoms with van der Waals surface area (Å²) in [4.78, 5) is 0. The van der Waals surface area contributed by atoms with Crippen LogP contribution >= 0.6 is 45.2 Å². The van der Waals surface area contributed by atoms with Gasteiger partial charge in [0.05, 0.1) is 12.2 Å². The largest absolute Gasteiger partial charge is 0.347 e. The fraction of sp³-hybridized carbons (Fsp3) is 0.556. The first-order valence-electron chi connectivity index (χ1n) is 15.7. The smallest absolute Gasteiger partial charge is 0.150 e. The van der Waals surface area contributed by atoms with Crippen LogP contribution in [0.25, 0.3) is 0 Å². The Kier molecular flexibility index (Phi) is 23.9. The third kappa shape index (κ3) is 19.2. The predicted molar refractivity (Wildman–Crippen MR) is 192 cm³/mol. The molecule has 0 aliphatic rings. The lowest BCUT2D eigenvalue weighted by Gasteiger charge is -2.20. The molecule has 2 aromatic rings. The molecule has 2 unspecified atom stereocenters. The minimum atomic E-state index is 0.0149. The van der Waals surface area contributed by atoms with Crippen LogP contribution in [0.5, 0.6) is 0 Å². The Morgan fingerprint density at radius 1 is 0.488 bits per heavy atom. The van der Waals surface area contributed by atoms with Gasteiger partial charge in [0.25, 0.3) is 0 Å². The SMILES string of the molecule is ICCCCCCC=CCCC(OCOCOC(CCC=CCCCCCCI)c1ccccc1)c1ccccc1. The molecule has 0 aromatic heterocycles. The molecule has 228 valence electrons. The summed E-state index contributed by atoms with van der Waals surface area (Å²) < 4.78 is 20.8. The number of rotatable bonds is 26. The highest BCUT2D eigenvalue weighted by Gasteiger charge is 2.13. The molecule has 0 fully saturated rings. The number of halogens is 2. The fourth-order valence-electron chi connectivity index (χ4n) is 4.71. The van der Waals surface area contributed by atoms with Crippen LogP contribution in [0.1, 0.15) is 113 Å². The third-order valence-electron chi connectivity index (χ3n) is 7.08. The molecule has 3 nitrogen and oxygen atoms in total. The Hall–Kier alpha value is -0.740. The standard InChI is InChI=1S/C36H52I2O3/c37-29-21-11-7-3-1-5-9-19-27-35(33-23-15-13-16-24-33)40-31-39-32-41-36(34-25-17-14-18-26-34)28-20-10-6-2-4-8-12-22-30-38/h5-6,9-10,13-18,23-26,35-36H,1-4,7-8,11-12,19-22,27-32H2. The van der Waals surface area contributed by atoms with E-state index in [1.807, 2.05) is 0 Å². The van der Waals surface area contributed by atoms with Crippen LogP contribution < -0.4 is 0 Å². The van der Waals surface area contributed by atoms with Gasteiger partial charge in [0.15, 0.2) is 0 Å². The molecule has 0 aliphatic carbocycles. The molecule has 0 heterocycles. The van der Waals surface area contributed by atoms with Crippen molar-refractivity contribution >= 4 is 45.2 Å². The first kappa shape index (κ1) is 36.5. The lowest BCUT2D eigenvalue weighted by molar-refractivity contribution is -0.168. The molecule has 2 aromatic carbocycles. The van der Waals surface area contributed by atoms with Gasteiger partial charge in [-0.1, -0.05) is 156 Å². The molecule has 2 atom stereocenters. The van der Waals surface area contributed by atoms with Gasteiger partial charge in [-0.2, -0.15) is 0 Å². The van der Waals surface area contributed by atoms with Gasteiger partial charge in [-0.05, 0) is 84.2 Å². The molecule has 0 saturated carbocycles. The lowest BCUT2D eigenvalue weighted by atomic mass is 10.0. The first-order valence-corrected chi connectivity index (χ1v) is 18.7. The Labute approximate surface area is 278 Å². The van der Waals surface area contributed by atoms with E-state index in [1.54, 1.807) is 0 Å². The van der Waals surface area contributed by atoms with Gasteiger partial charge in [0.2, 0.25) is 0 Å². The van der Waals surface area contributed by atoms with E-state index in [2.05, 4.69) is 130 Å². The quantitative estimate of drug-likeness (QED) is 0.0313. The van der Waals surface area contributed by atoms with Crippen LogP contribution in [0.3, 0.4) is 0 Å². The normalized spacial score (nSPS) is 13.3. The average Bonchev–Trinajstić information content (AvgIpc) is 3.01. The van der Waals surface area contributed by atoms with Crippen molar-refractivity contribution in [2.24, 2.45) is 0 Å². The van der Waals surface area contributed by atoms with E-state index in [9.17, 15) is 0 Å². The molecule has 0 amide bonds. The van der Waals surface area contributed by atoms with Gasteiger partial charge < -0.3 is 14.2 Å². The van der Waals surface area contributed by atoms with Gasteiger partial charge in [-0.15, -0.1) is 0 Å². The topological polar surface area (TPSA) is 27.7 Å². The minimum absolute atomic E-state index is 0.0149. The van der Waals surface area contributed by atoms with E-state index in [0.29, 0.717) is 0 Å².